The van der Waals surface area contributed by atoms with Gasteiger partial charge in [-0.25, -0.2) is 13.6 Å². The molecule has 1 aliphatic heterocycles. The Labute approximate surface area is 218 Å². The number of fused-ring (bicyclic) bond motifs is 1. The van der Waals surface area contributed by atoms with Gasteiger partial charge in [0.25, 0.3) is 5.91 Å². The van der Waals surface area contributed by atoms with Gasteiger partial charge in [0.15, 0.2) is 6.10 Å². The van der Waals surface area contributed by atoms with Gasteiger partial charge in [0.2, 0.25) is 0 Å². The van der Waals surface area contributed by atoms with E-state index in [9.17, 15) is 27.2 Å². The van der Waals surface area contributed by atoms with Crippen LogP contribution in [0.5, 0.6) is 5.75 Å². The second-order valence-electron chi connectivity index (χ2n) is 9.82. The molecular formula is C25H22ClF5N4O3. The Kier molecular flexibility index (Phi) is 6.28. The number of carbonyl (C=O) groups excluding carboxylic acids is 1. The highest BCUT2D eigenvalue weighted by Crippen LogP contribution is 2.53. The standard InChI is InChI=1S/C25H22ClF5N4O3/c1-12-7-14(27)8-16(26)21(12)32-22(36)15-9-17(28)18(10-19(15)38-13(2)25(29,30)31)35-23(37)34-6-5-24(3-4-24)11-20(34)33-35/h7-10,13H,3-6,11H2,1-2H3,(H,32,36)/t13-/m0/s1. The summed E-state index contributed by atoms with van der Waals surface area (Å²) in [7, 11) is 0. The van der Waals surface area contributed by atoms with Gasteiger partial charge in [-0.2, -0.15) is 17.9 Å². The molecule has 0 bridgehead atoms. The lowest BCUT2D eigenvalue weighted by Crippen LogP contribution is -2.32. The van der Waals surface area contributed by atoms with E-state index in [4.69, 9.17) is 16.3 Å². The maximum absolute atomic E-state index is 15.4. The van der Waals surface area contributed by atoms with Gasteiger partial charge in [-0.1, -0.05) is 11.6 Å². The van der Waals surface area contributed by atoms with Crippen LogP contribution < -0.4 is 15.7 Å². The highest BCUT2D eigenvalue weighted by Gasteiger charge is 2.46. The molecule has 1 atom stereocenters. The maximum atomic E-state index is 15.4. The molecule has 0 radical (unpaired) electrons. The molecule has 1 saturated carbocycles. The van der Waals surface area contributed by atoms with Crippen molar-refractivity contribution < 1.29 is 31.5 Å². The second kappa shape index (κ2) is 9.11. The number of amides is 1. The van der Waals surface area contributed by atoms with Crippen LogP contribution in [0.25, 0.3) is 5.69 Å². The molecule has 202 valence electrons. The van der Waals surface area contributed by atoms with E-state index < -0.39 is 52.5 Å². The topological polar surface area (TPSA) is 78.2 Å². The average Bonchev–Trinajstić information content (AvgIpc) is 3.49. The summed E-state index contributed by atoms with van der Waals surface area (Å²) < 4.78 is 76.2. The third kappa shape index (κ3) is 4.77. The zero-order chi connectivity index (χ0) is 27.6. The van der Waals surface area contributed by atoms with Crippen LogP contribution in [-0.2, 0) is 13.0 Å². The number of hydrogen-bond donors (Lipinski definition) is 1. The van der Waals surface area contributed by atoms with Crippen molar-refractivity contribution in [3.05, 3.63) is 68.4 Å². The number of nitrogens with zero attached hydrogens (tertiary/aromatic N) is 3. The van der Waals surface area contributed by atoms with Crippen molar-refractivity contribution in [3.63, 3.8) is 0 Å². The van der Waals surface area contributed by atoms with E-state index in [1.807, 2.05) is 0 Å². The molecule has 2 aliphatic rings. The van der Waals surface area contributed by atoms with Gasteiger partial charge in [0, 0.05) is 19.0 Å². The fourth-order valence-electron chi connectivity index (χ4n) is 4.60. The molecule has 7 nitrogen and oxygen atoms in total. The number of carbonyl (C=O) groups is 1. The summed E-state index contributed by atoms with van der Waals surface area (Å²) in [5.74, 6) is -2.96. The summed E-state index contributed by atoms with van der Waals surface area (Å²) in [6, 6.07) is 3.55. The van der Waals surface area contributed by atoms with Crippen LogP contribution in [0.15, 0.2) is 29.1 Å². The minimum atomic E-state index is -4.80. The minimum Gasteiger partial charge on any atom is -0.480 e. The first-order chi connectivity index (χ1) is 17.8. The average molecular weight is 557 g/mol. The zero-order valence-electron chi connectivity index (χ0n) is 20.3. The van der Waals surface area contributed by atoms with Crippen LogP contribution in [0.4, 0.5) is 27.6 Å². The van der Waals surface area contributed by atoms with Crippen molar-refractivity contribution in [3.8, 4) is 11.4 Å². The molecule has 38 heavy (non-hydrogen) atoms. The Balaban J connectivity index is 1.57. The highest BCUT2D eigenvalue weighted by atomic mass is 35.5. The van der Waals surface area contributed by atoms with Gasteiger partial charge in [-0.3, -0.25) is 9.36 Å². The lowest BCUT2D eigenvalue weighted by Gasteiger charge is -2.21. The normalized spacial score (nSPS) is 16.7. The van der Waals surface area contributed by atoms with E-state index in [0.29, 0.717) is 24.9 Å². The highest BCUT2D eigenvalue weighted by molar-refractivity contribution is 6.34. The van der Waals surface area contributed by atoms with Gasteiger partial charge in [0.05, 0.1) is 16.3 Å². The summed E-state index contributed by atoms with van der Waals surface area (Å²) in [6.07, 6.45) is -3.82. The molecule has 1 amide bonds. The van der Waals surface area contributed by atoms with E-state index >= 15 is 4.39 Å². The van der Waals surface area contributed by atoms with E-state index in [0.717, 1.165) is 49.1 Å². The lowest BCUT2D eigenvalue weighted by molar-refractivity contribution is -0.189. The smallest absolute Gasteiger partial charge is 0.425 e. The number of aromatic nitrogens is 3. The summed E-state index contributed by atoms with van der Waals surface area (Å²) >= 11 is 6.02. The Bertz CT molecular complexity index is 1490. The fourth-order valence-corrected chi connectivity index (χ4v) is 4.90. The molecule has 2 heterocycles. The number of halogens is 6. The van der Waals surface area contributed by atoms with Crippen LogP contribution in [-0.4, -0.2) is 32.5 Å². The third-order valence-corrected chi connectivity index (χ3v) is 7.37. The summed E-state index contributed by atoms with van der Waals surface area (Å²) in [4.78, 5) is 26.1. The molecule has 1 fully saturated rings. The first-order valence-corrected chi connectivity index (χ1v) is 12.2. The zero-order valence-corrected chi connectivity index (χ0v) is 21.0. The predicted octanol–water partition coefficient (Wildman–Crippen LogP) is 5.58. The van der Waals surface area contributed by atoms with Crippen LogP contribution in [0.1, 0.15) is 47.9 Å². The van der Waals surface area contributed by atoms with Gasteiger partial charge < -0.3 is 10.1 Å². The minimum absolute atomic E-state index is 0.00984. The van der Waals surface area contributed by atoms with Crippen molar-refractivity contribution in [1.29, 1.82) is 0 Å². The number of anilines is 1. The van der Waals surface area contributed by atoms with Crippen molar-refractivity contribution in [1.82, 2.24) is 14.3 Å². The lowest BCUT2D eigenvalue weighted by atomic mass is 9.95. The fraction of sp³-hybridized carbons (Fsp3) is 0.400. The van der Waals surface area contributed by atoms with Crippen molar-refractivity contribution in [2.24, 2.45) is 5.41 Å². The SMILES string of the molecule is Cc1cc(F)cc(Cl)c1NC(=O)c1cc(F)c(-n2nc3n(c2=O)CCC2(CC2)C3)cc1O[C@@H](C)C(F)(F)F. The largest absolute Gasteiger partial charge is 0.480 e. The molecule has 3 aromatic rings. The molecule has 2 aromatic carbocycles. The van der Waals surface area contributed by atoms with Crippen LogP contribution in [0.3, 0.4) is 0 Å². The molecule has 1 aromatic heterocycles. The van der Waals surface area contributed by atoms with Crippen LogP contribution in [0.2, 0.25) is 5.02 Å². The second-order valence-corrected chi connectivity index (χ2v) is 10.2. The predicted molar refractivity (Wildman–Crippen MR) is 128 cm³/mol. The molecule has 0 saturated heterocycles. The number of hydrogen-bond acceptors (Lipinski definition) is 4. The molecule has 13 heteroatoms. The maximum Gasteiger partial charge on any atom is 0.425 e. The number of nitrogens with one attached hydrogen (secondary N) is 1. The monoisotopic (exact) mass is 556 g/mol. The summed E-state index contributed by atoms with van der Waals surface area (Å²) in [5, 5.41) is 6.47. The van der Waals surface area contributed by atoms with Gasteiger partial charge in [-0.05, 0) is 62.3 Å². The van der Waals surface area contributed by atoms with Gasteiger partial charge in [0.1, 0.15) is 28.9 Å². The Morgan fingerprint density at radius 3 is 2.53 bits per heavy atom. The van der Waals surface area contributed by atoms with E-state index in [-0.39, 0.29) is 21.7 Å². The molecule has 1 N–H and O–H groups in total. The van der Waals surface area contributed by atoms with E-state index in [2.05, 4.69) is 10.4 Å². The van der Waals surface area contributed by atoms with Gasteiger partial charge >= 0.3 is 11.9 Å². The molecule has 5 rings (SSSR count). The van der Waals surface area contributed by atoms with E-state index in [1.54, 1.807) is 0 Å². The van der Waals surface area contributed by atoms with Crippen LogP contribution in [0, 0.1) is 24.0 Å². The van der Waals surface area contributed by atoms with Crippen molar-refractivity contribution in [2.45, 2.75) is 58.4 Å². The quantitative estimate of drug-likeness (QED) is 0.416. The number of aryl methyl sites for hydroxylation is 1. The Hall–Kier alpha value is -3.41. The van der Waals surface area contributed by atoms with Gasteiger partial charge in [-0.15, -0.1) is 5.10 Å². The number of alkyl halides is 3. The van der Waals surface area contributed by atoms with Crippen LogP contribution >= 0.6 is 11.6 Å². The summed E-state index contributed by atoms with van der Waals surface area (Å²) in [6.45, 7) is 2.58. The summed E-state index contributed by atoms with van der Waals surface area (Å²) in [5.41, 5.74) is -1.37. The first kappa shape index (κ1) is 26.2. The molecule has 1 spiro atoms. The Morgan fingerprint density at radius 1 is 1.18 bits per heavy atom. The number of ether oxygens (including phenoxy) is 1. The number of rotatable bonds is 5. The Morgan fingerprint density at radius 2 is 1.89 bits per heavy atom. The van der Waals surface area contributed by atoms with Crippen molar-refractivity contribution >= 4 is 23.2 Å². The molecule has 0 unspecified atom stereocenters. The van der Waals surface area contributed by atoms with E-state index in [1.165, 1.54) is 11.5 Å². The number of benzene rings is 2. The third-order valence-electron chi connectivity index (χ3n) is 7.07. The molecule has 1 aliphatic carbocycles. The molecular weight excluding hydrogens is 535 g/mol. The van der Waals surface area contributed by atoms with Crippen molar-refractivity contribution in [2.75, 3.05) is 5.32 Å². The first-order valence-electron chi connectivity index (χ1n) is 11.8.